The van der Waals surface area contributed by atoms with Crippen LogP contribution in [0.25, 0.3) is 0 Å². The number of benzene rings is 1. The number of aliphatic imine (C=N–C) groups is 1. The van der Waals surface area contributed by atoms with Gasteiger partial charge in [-0.3, -0.25) is 9.79 Å². The molecule has 0 radical (unpaired) electrons. The third-order valence-corrected chi connectivity index (χ3v) is 4.07. The van der Waals surface area contributed by atoms with Gasteiger partial charge < -0.3 is 16.0 Å². The van der Waals surface area contributed by atoms with Crippen LogP contribution in [-0.4, -0.2) is 37.5 Å². The van der Waals surface area contributed by atoms with E-state index in [0.717, 1.165) is 38.2 Å². The van der Waals surface area contributed by atoms with E-state index in [-0.39, 0.29) is 11.8 Å². The first-order valence-corrected chi connectivity index (χ1v) is 9.05. The fourth-order valence-corrected chi connectivity index (χ4v) is 2.49. The van der Waals surface area contributed by atoms with Gasteiger partial charge in [-0.1, -0.05) is 30.3 Å². The van der Waals surface area contributed by atoms with Gasteiger partial charge in [0.2, 0.25) is 5.91 Å². The Kier molecular flexibility index (Phi) is 7.59. The maximum Gasteiger partial charge on any atom is 0.223 e. The quantitative estimate of drug-likeness (QED) is 0.369. The Bertz CT molecular complexity index is 525. The number of guanidine groups is 1. The predicted octanol–water partition coefficient (Wildman–Crippen LogP) is 2.09. The molecule has 0 saturated heterocycles. The number of amides is 1. The average molecular weight is 330 g/mol. The molecule has 5 nitrogen and oxygen atoms in total. The first-order valence-electron chi connectivity index (χ1n) is 9.05. The first kappa shape index (κ1) is 18.3. The Labute approximate surface area is 145 Å². The van der Waals surface area contributed by atoms with Crippen LogP contribution in [0.3, 0.4) is 0 Å². The minimum Gasteiger partial charge on any atom is -0.357 e. The molecule has 0 bridgehead atoms. The molecule has 3 N–H and O–H groups in total. The molecular weight excluding hydrogens is 300 g/mol. The van der Waals surface area contributed by atoms with Crippen LogP contribution in [0.5, 0.6) is 0 Å². The smallest absolute Gasteiger partial charge is 0.223 e. The van der Waals surface area contributed by atoms with Gasteiger partial charge in [0.1, 0.15) is 0 Å². The molecule has 1 amide bonds. The molecule has 1 atom stereocenters. The summed E-state index contributed by atoms with van der Waals surface area (Å²) in [5.74, 6) is 1.26. The topological polar surface area (TPSA) is 65.5 Å². The second-order valence-corrected chi connectivity index (χ2v) is 6.40. The summed E-state index contributed by atoms with van der Waals surface area (Å²) < 4.78 is 0. The van der Waals surface area contributed by atoms with Crippen molar-refractivity contribution >= 4 is 11.9 Å². The first-order chi connectivity index (χ1) is 11.7. The maximum absolute atomic E-state index is 11.6. The summed E-state index contributed by atoms with van der Waals surface area (Å²) in [6, 6.07) is 10.9. The van der Waals surface area contributed by atoms with E-state index in [4.69, 9.17) is 0 Å². The van der Waals surface area contributed by atoms with Crippen molar-refractivity contribution in [2.75, 3.05) is 19.6 Å². The largest absolute Gasteiger partial charge is 0.357 e. The van der Waals surface area contributed by atoms with Crippen molar-refractivity contribution in [3.63, 3.8) is 0 Å². The van der Waals surface area contributed by atoms with Crippen LogP contribution >= 0.6 is 0 Å². The number of carbonyl (C=O) groups excluding carboxylic acids is 1. The summed E-state index contributed by atoms with van der Waals surface area (Å²) >= 11 is 0. The van der Waals surface area contributed by atoms with E-state index in [1.807, 2.05) is 6.07 Å². The van der Waals surface area contributed by atoms with Crippen molar-refractivity contribution in [1.29, 1.82) is 0 Å². The fourth-order valence-electron chi connectivity index (χ4n) is 2.49. The second-order valence-electron chi connectivity index (χ2n) is 6.40. The highest BCUT2D eigenvalue weighted by atomic mass is 16.2. The van der Waals surface area contributed by atoms with Crippen molar-refractivity contribution in [3.8, 4) is 0 Å². The van der Waals surface area contributed by atoms with Crippen LogP contribution in [0, 0.1) is 5.92 Å². The lowest BCUT2D eigenvalue weighted by molar-refractivity contribution is -0.122. The molecule has 2 rings (SSSR count). The normalized spacial score (nSPS) is 15.7. The SMILES string of the molecule is CCNC(=NCCNC(=O)C1CC1)NC(C)CCc1ccccc1. The van der Waals surface area contributed by atoms with E-state index in [0.29, 0.717) is 19.1 Å². The van der Waals surface area contributed by atoms with Crippen molar-refractivity contribution in [3.05, 3.63) is 35.9 Å². The number of aryl methyl sites for hydroxylation is 1. The van der Waals surface area contributed by atoms with Crippen molar-refractivity contribution < 1.29 is 4.79 Å². The van der Waals surface area contributed by atoms with Crippen LogP contribution in [0.15, 0.2) is 35.3 Å². The van der Waals surface area contributed by atoms with Crippen LogP contribution < -0.4 is 16.0 Å². The summed E-state index contributed by atoms with van der Waals surface area (Å²) in [4.78, 5) is 16.1. The molecular formula is C19H30N4O. The van der Waals surface area contributed by atoms with Crippen molar-refractivity contribution in [2.24, 2.45) is 10.9 Å². The zero-order chi connectivity index (χ0) is 17.2. The van der Waals surface area contributed by atoms with Crippen molar-refractivity contribution in [1.82, 2.24) is 16.0 Å². The molecule has 1 aromatic carbocycles. The minimum atomic E-state index is 0.180. The highest BCUT2D eigenvalue weighted by Gasteiger charge is 2.28. The van der Waals surface area contributed by atoms with Crippen LogP contribution in [0.2, 0.25) is 0 Å². The minimum absolute atomic E-state index is 0.180. The lowest BCUT2D eigenvalue weighted by atomic mass is 10.1. The average Bonchev–Trinajstić information content (AvgIpc) is 3.43. The number of nitrogens with zero attached hydrogens (tertiary/aromatic N) is 1. The standard InChI is InChI=1S/C19H30N4O/c1-3-20-19(22-14-13-21-18(24)17-11-12-17)23-15(2)9-10-16-7-5-4-6-8-16/h4-8,15,17H,3,9-14H2,1-2H3,(H,21,24)(H2,20,22,23). The Morgan fingerprint density at radius 1 is 1.25 bits per heavy atom. The fraction of sp³-hybridized carbons (Fsp3) is 0.579. The molecule has 0 heterocycles. The molecule has 1 saturated carbocycles. The molecule has 24 heavy (non-hydrogen) atoms. The summed E-state index contributed by atoms with van der Waals surface area (Å²) in [5.41, 5.74) is 1.36. The van der Waals surface area contributed by atoms with E-state index < -0.39 is 0 Å². The van der Waals surface area contributed by atoms with Gasteiger partial charge in [0.25, 0.3) is 0 Å². The highest BCUT2D eigenvalue weighted by Crippen LogP contribution is 2.28. The number of hydrogen-bond acceptors (Lipinski definition) is 2. The molecule has 1 aliphatic carbocycles. The van der Waals surface area contributed by atoms with Gasteiger partial charge in [-0.25, -0.2) is 0 Å². The van der Waals surface area contributed by atoms with Gasteiger partial charge in [-0.05, 0) is 45.1 Å². The van der Waals surface area contributed by atoms with Gasteiger partial charge in [0.15, 0.2) is 5.96 Å². The molecule has 0 aromatic heterocycles. The summed E-state index contributed by atoms with van der Waals surface area (Å²) in [6.45, 7) is 6.25. The molecule has 0 spiro atoms. The maximum atomic E-state index is 11.6. The Balaban J connectivity index is 1.69. The lowest BCUT2D eigenvalue weighted by Crippen LogP contribution is -2.42. The van der Waals surface area contributed by atoms with E-state index in [2.05, 4.69) is 59.1 Å². The molecule has 0 aliphatic heterocycles. The Hall–Kier alpha value is -2.04. The second kappa shape index (κ2) is 9.96. The van der Waals surface area contributed by atoms with Gasteiger partial charge in [-0.2, -0.15) is 0 Å². The van der Waals surface area contributed by atoms with Crippen molar-refractivity contribution in [2.45, 2.75) is 45.6 Å². The lowest BCUT2D eigenvalue weighted by Gasteiger charge is -2.18. The third-order valence-electron chi connectivity index (χ3n) is 4.07. The molecule has 1 aliphatic rings. The predicted molar refractivity (Wildman–Crippen MR) is 99.1 cm³/mol. The summed E-state index contributed by atoms with van der Waals surface area (Å²) in [7, 11) is 0. The number of carbonyl (C=O) groups is 1. The Morgan fingerprint density at radius 2 is 2.00 bits per heavy atom. The summed E-state index contributed by atoms with van der Waals surface area (Å²) in [5, 5.41) is 9.64. The van der Waals surface area contributed by atoms with Crippen LogP contribution in [-0.2, 0) is 11.2 Å². The Morgan fingerprint density at radius 3 is 2.67 bits per heavy atom. The number of rotatable bonds is 9. The zero-order valence-corrected chi connectivity index (χ0v) is 14.8. The summed E-state index contributed by atoms with van der Waals surface area (Å²) in [6.07, 6.45) is 4.18. The van der Waals surface area contributed by atoms with Gasteiger partial charge in [0.05, 0.1) is 6.54 Å². The molecule has 132 valence electrons. The van der Waals surface area contributed by atoms with E-state index in [1.165, 1.54) is 5.56 Å². The van der Waals surface area contributed by atoms with E-state index in [9.17, 15) is 4.79 Å². The van der Waals surface area contributed by atoms with Crippen LogP contribution in [0.1, 0.15) is 38.7 Å². The van der Waals surface area contributed by atoms with Crippen LogP contribution in [0.4, 0.5) is 0 Å². The molecule has 1 unspecified atom stereocenters. The highest BCUT2D eigenvalue weighted by molar-refractivity contribution is 5.81. The number of hydrogen-bond donors (Lipinski definition) is 3. The van der Waals surface area contributed by atoms with Gasteiger partial charge >= 0.3 is 0 Å². The molecule has 5 heteroatoms. The monoisotopic (exact) mass is 330 g/mol. The number of nitrogens with one attached hydrogen (secondary N) is 3. The van der Waals surface area contributed by atoms with Gasteiger partial charge in [0, 0.05) is 25.0 Å². The zero-order valence-electron chi connectivity index (χ0n) is 14.8. The van der Waals surface area contributed by atoms with Gasteiger partial charge in [-0.15, -0.1) is 0 Å². The van der Waals surface area contributed by atoms with E-state index >= 15 is 0 Å². The third kappa shape index (κ3) is 7.02. The van der Waals surface area contributed by atoms with E-state index in [1.54, 1.807) is 0 Å². The molecule has 1 fully saturated rings. The molecule has 1 aromatic rings.